The zero-order valence-electron chi connectivity index (χ0n) is 10.2. The van der Waals surface area contributed by atoms with Gasteiger partial charge in [-0.1, -0.05) is 0 Å². The second kappa shape index (κ2) is 5.30. The maximum atomic E-state index is 5.81. The van der Waals surface area contributed by atoms with E-state index in [-0.39, 0.29) is 0 Å². The number of hydrogen-bond donors (Lipinski definition) is 1. The van der Waals surface area contributed by atoms with E-state index in [9.17, 15) is 0 Å². The molecule has 2 nitrogen and oxygen atoms in total. The molecule has 0 bridgehead atoms. The van der Waals surface area contributed by atoms with Crippen molar-refractivity contribution in [3.63, 3.8) is 0 Å². The maximum Gasteiger partial charge on any atom is 0.0331 e. The van der Waals surface area contributed by atoms with Crippen LogP contribution in [0, 0.1) is 5.92 Å². The van der Waals surface area contributed by atoms with Gasteiger partial charge in [-0.2, -0.15) is 11.3 Å². The van der Waals surface area contributed by atoms with E-state index in [4.69, 9.17) is 5.73 Å². The Labute approximate surface area is 102 Å². The Balaban J connectivity index is 2.06. The topological polar surface area (TPSA) is 29.3 Å². The van der Waals surface area contributed by atoms with Crippen molar-refractivity contribution in [3.05, 3.63) is 22.4 Å². The Kier molecular flexibility index (Phi) is 4.00. The third-order valence-electron chi connectivity index (χ3n) is 3.88. The van der Waals surface area contributed by atoms with E-state index in [1.165, 1.54) is 18.4 Å². The van der Waals surface area contributed by atoms with Crippen LogP contribution in [0.1, 0.15) is 38.3 Å². The summed E-state index contributed by atoms with van der Waals surface area (Å²) in [7, 11) is 0. The molecule has 0 amide bonds. The first-order chi connectivity index (χ1) is 7.72. The fourth-order valence-corrected chi connectivity index (χ4v) is 3.40. The molecular formula is C13H22N2S. The number of piperidine rings is 1. The molecule has 0 aromatic carbocycles. The molecule has 90 valence electrons. The summed E-state index contributed by atoms with van der Waals surface area (Å²) in [6, 6.07) is 3.47. The van der Waals surface area contributed by atoms with Crippen LogP contribution < -0.4 is 5.73 Å². The van der Waals surface area contributed by atoms with Gasteiger partial charge in [-0.25, -0.2) is 0 Å². The van der Waals surface area contributed by atoms with Crippen LogP contribution in [0.5, 0.6) is 0 Å². The zero-order chi connectivity index (χ0) is 11.5. The van der Waals surface area contributed by atoms with Crippen molar-refractivity contribution in [1.29, 1.82) is 0 Å². The van der Waals surface area contributed by atoms with Crippen molar-refractivity contribution in [3.8, 4) is 0 Å². The van der Waals surface area contributed by atoms with E-state index >= 15 is 0 Å². The van der Waals surface area contributed by atoms with E-state index in [2.05, 4.69) is 35.6 Å². The average molecular weight is 238 g/mol. The van der Waals surface area contributed by atoms with Crippen molar-refractivity contribution in [2.24, 2.45) is 11.7 Å². The Morgan fingerprint density at radius 3 is 3.00 bits per heavy atom. The summed E-state index contributed by atoms with van der Waals surface area (Å²) in [5.41, 5.74) is 7.26. The van der Waals surface area contributed by atoms with Crippen LogP contribution in [-0.2, 0) is 0 Å². The molecule has 1 fully saturated rings. The first-order valence-corrected chi connectivity index (χ1v) is 7.14. The van der Waals surface area contributed by atoms with Gasteiger partial charge in [0.2, 0.25) is 0 Å². The van der Waals surface area contributed by atoms with E-state index in [1.807, 2.05) is 0 Å². The molecule has 16 heavy (non-hydrogen) atoms. The molecule has 0 spiro atoms. The second-order valence-corrected chi connectivity index (χ2v) is 5.74. The van der Waals surface area contributed by atoms with Gasteiger partial charge in [-0.15, -0.1) is 0 Å². The van der Waals surface area contributed by atoms with Gasteiger partial charge in [0.25, 0.3) is 0 Å². The summed E-state index contributed by atoms with van der Waals surface area (Å²) in [5.74, 6) is 0.692. The maximum absolute atomic E-state index is 5.81. The monoisotopic (exact) mass is 238 g/mol. The second-order valence-electron chi connectivity index (χ2n) is 4.96. The molecule has 0 saturated carbocycles. The Morgan fingerprint density at radius 2 is 2.38 bits per heavy atom. The smallest absolute Gasteiger partial charge is 0.0331 e. The lowest BCUT2D eigenvalue weighted by atomic mass is 9.91. The number of nitrogens with zero attached hydrogens (tertiary/aromatic N) is 1. The third-order valence-corrected chi connectivity index (χ3v) is 4.59. The van der Waals surface area contributed by atoms with Gasteiger partial charge in [-0.3, -0.25) is 4.90 Å². The van der Waals surface area contributed by atoms with Gasteiger partial charge < -0.3 is 5.73 Å². The highest BCUT2D eigenvalue weighted by Gasteiger charge is 2.28. The molecule has 2 rings (SSSR count). The third kappa shape index (κ3) is 2.47. The number of likely N-dealkylation sites (tertiary alicyclic amines) is 1. The van der Waals surface area contributed by atoms with Gasteiger partial charge in [-0.05, 0) is 61.5 Å². The number of thiophene rings is 1. The summed E-state index contributed by atoms with van der Waals surface area (Å²) in [4.78, 5) is 2.61. The average Bonchev–Trinajstić information content (AvgIpc) is 2.82. The lowest BCUT2D eigenvalue weighted by Crippen LogP contribution is -2.44. The van der Waals surface area contributed by atoms with Gasteiger partial charge in [0.15, 0.2) is 0 Å². The van der Waals surface area contributed by atoms with Gasteiger partial charge in [0.1, 0.15) is 0 Å². The molecular weight excluding hydrogens is 216 g/mol. The lowest BCUT2D eigenvalue weighted by Gasteiger charge is -2.41. The molecule has 1 aliphatic rings. The van der Waals surface area contributed by atoms with Crippen LogP contribution in [0.15, 0.2) is 16.8 Å². The molecule has 3 unspecified atom stereocenters. The zero-order valence-corrected chi connectivity index (χ0v) is 11.0. The highest BCUT2D eigenvalue weighted by atomic mass is 32.1. The summed E-state index contributed by atoms with van der Waals surface area (Å²) < 4.78 is 0. The van der Waals surface area contributed by atoms with Crippen LogP contribution >= 0.6 is 11.3 Å². The molecule has 3 heteroatoms. The summed E-state index contributed by atoms with van der Waals surface area (Å²) >= 11 is 1.79. The quantitative estimate of drug-likeness (QED) is 0.877. The minimum Gasteiger partial charge on any atom is -0.330 e. The predicted molar refractivity (Wildman–Crippen MR) is 70.7 cm³/mol. The van der Waals surface area contributed by atoms with E-state index in [0.29, 0.717) is 18.0 Å². The van der Waals surface area contributed by atoms with Crippen LogP contribution in [0.3, 0.4) is 0 Å². The minimum atomic E-state index is 0.538. The summed E-state index contributed by atoms with van der Waals surface area (Å²) in [5, 5.41) is 4.43. The van der Waals surface area contributed by atoms with Crippen LogP contribution in [0.25, 0.3) is 0 Å². The molecule has 1 aromatic heterocycles. The molecule has 0 radical (unpaired) electrons. The summed E-state index contributed by atoms with van der Waals surface area (Å²) in [6.45, 7) is 6.65. The van der Waals surface area contributed by atoms with Crippen LogP contribution in [-0.4, -0.2) is 24.0 Å². The van der Waals surface area contributed by atoms with Gasteiger partial charge in [0.05, 0.1) is 0 Å². The summed E-state index contributed by atoms with van der Waals surface area (Å²) in [6.07, 6.45) is 2.58. The normalized spacial score (nSPS) is 29.2. The highest BCUT2D eigenvalue weighted by Crippen LogP contribution is 2.30. The standard InChI is InChI=1S/C13H22N2S/c1-10-3-4-12(7-14)8-15(10)11(2)13-5-6-16-9-13/h5-6,9-12H,3-4,7-8,14H2,1-2H3. The number of nitrogens with two attached hydrogens (primary N) is 1. The Hall–Kier alpha value is -0.380. The van der Waals surface area contributed by atoms with Crippen LogP contribution in [0.2, 0.25) is 0 Å². The van der Waals surface area contributed by atoms with Crippen molar-refractivity contribution >= 4 is 11.3 Å². The molecule has 1 aromatic rings. The minimum absolute atomic E-state index is 0.538. The van der Waals surface area contributed by atoms with Crippen LogP contribution in [0.4, 0.5) is 0 Å². The fourth-order valence-electron chi connectivity index (χ4n) is 2.65. The molecule has 3 atom stereocenters. The van der Waals surface area contributed by atoms with Crippen molar-refractivity contribution in [1.82, 2.24) is 4.90 Å². The Morgan fingerprint density at radius 1 is 1.56 bits per heavy atom. The molecule has 1 aliphatic heterocycles. The lowest BCUT2D eigenvalue weighted by molar-refractivity contribution is 0.0814. The highest BCUT2D eigenvalue weighted by molar-refractivity contribution is 7.07. The van der Waals surface area contributed by atoms with Crippen molar-refractivity contribution < 1.29 is 0 Å². The van der Waals surface area contributed by atoms with E-state index in [1.54, 1.807) is 11.3 Å². The van der Waals surface area contributed by atoms with Crippen molar-refractivity contribution in [2.45, 2.75) is 38.8 Å². The SMILES string of the molecule is CC1CCC(CN)CN1C(C)c1ccsc1. The molecule has 1 saturated heterocycles. The largest absolute Gasteiger partial charge is 0.330 e. The first kappa shape index (κ1) is 12.1. The van der Waals surface area contributed by atoms with Gasteiger partial charge >= 0.3 is 0 Å². The number of hydrogen-bond acceptors (Lipinski definition) is 3. The first-order valence-electron chi connectivity index (χ1n) is 6.20. The number of rotatable bonds is 3. The molecule has 2 heterocycles. The van der Waals surface area contributed by atoms with Gasteiger partial charge in [0, 0.05) is 18.6 Å². The predicted octanol–water partition coefficient (Wildman–Crippen LogP) is 2.87. The van der Waals surface area contributed by atoms with Crippen molar-refractivity contribution in [2.75, 3.05) is 13.1 Å². The van der Waals surface area contributed by atoms with E-state index < -0.39 is 0 Å². The molecule has 2 N–H and O–H groups in total. The van der Waals surface area contributed by atoms with E-state index in [0.717, 1.165) is 13.1 Å². The Bertz CT molecular complexity index is 310. The fraction of sp³-hybridized carbons (Fsp3) is 0.692. The molecule has 0 aliphatic carbocycles.